The van der Waals surface area contributed by atoms with Crippen molar-refractivity contribution < 1.29 is 14.1 Å². The van der Waals surface area contributed by atoms with Crippen LogP contribution < -0.4 is 5.32 Å². The molecule has 2 aliphatic heterocycles. The molecule has 2 aliphatic rings. The molecule has 2 aromatic rings. The van der Waals surface area contributed by atoms with Crippen molar-refractivity contribution in [3.05, 3.63) is 41.0 Å². The van der Waals surface area contributed by atoms with Crippen molar-refractivity contribution >= 4 is 5.91 Å². The smallest absolute Gasteiger partial charge is 0.252 e. The van der Waals surface area contributed by atoms with Crippen molar-refractivity contribution in [2.24, 2.45) is 11.3 Å². The Morgan fingerprint density at radius 1 is 1.42 bits per heavy atom. The summed E-state index contributed by atoms with van der Waals surface area (Å²) >= 11 is 0. The number of carbonyl (C=O) groups is 1. The van der Waals surface area contributed by atoms with Crippen molar-refractivity contribution in [2.75, 3.05) is 32.8 Å². The fourth-order valence-electron chi connectivity index (χ4n) is 4.05. The summed E-state index contributed by atoms with van der Waals surface area (Å²) in [5.74, 6) is 1.17. The number of aromatic nitrogens is 3. The highest BCUT2D eigenvalue weighted by atomic mass is 16.5. The lowest BCUT2D eigenvalue weighted by atomic mass is 9.81. The summed E-state index contributed by atoms with van der Waals surface area (Å²) in [4.78, 5) is 14.8. The van der Waals surface area contributed by atoms with Gasteiger partial charge >= 0.3 is 0 Å². The van der Waals surface area contributed by atoms with Crippen molar-refractivity contribution in [3.63, 3.8) is 0 Å². The third-order valence-corrected chi connectivity index (χ3v) is 5.60. The Hall–Kier alpha value is -2.32. The highest BCUT2D eigenvalue weighted by molar-refractivity contribution is 5.93. The Labute approximate surface area is 151 Å². The summed E-state index contributed by atoms with van der Waals surface area (Å²) < 4.78 is 11.0. The molecule has 0 aromatic carbocycles. The van der Waals surface area contributed by atoms with Crippen LogP contribution in [0.5, 0.6) is 0 Å². The van der Waals surface area contributed by atoms with E-state index >= 15 is 0 Å². The monoisotopic (exact) mass is 357 g/mol. The lowest BCUT2D eigenvalue weighted by molar-refractivity contribution is 0.0903. The van der Waals surface area contributed by atoms with Crippen molar-refractivity contribution in [1.82, 2.24) is 25.6 Å². The van der Waals surface area contributed by atoms with E-state index in [-0.39, 0.29) is 11.3 Å². The molecule has 2 saturated heterocycles. The maximum Gasteiger partial charge on any atom is 0.252 e. The molecule has 0 saturated carbocycles. The van der Waals surface area contributed by atoms with Crippen molar-refractivity contribution in [1.29, 1.82) is 0 Å². The van der Waals surface area contributed by atoms with E-state index < -0.39 is 0 Å². The number of ether oxygens (including phenoxy) is 1. The van der Waals surface area contributed by atoms with Gasteiger partial charge in [-0.1, -0.05) is 5.16 Å². The molecule has 8 heteroatoms. The number of nitrogens with one attached hydrogen (secondary N) is 1. The minimum atomic E-state index is -0.121. The SMILES string of the molecule is Cc1noc(C)c1CN1C[C@@H]2COC[C@]2(CNC(=O)c2ccnnc2)C1. The van der Waals surface area contributed by atoms with Gasteiger partial charge in [-0.2, -0.15) is 10.2 Å². The molecule has 4 heterocycles. The standard InChI is InChI=1S/C18H23N5O3/c1-12-16(13(2)26-22-12)7-23-6-15-8-25-11-18(15,10-23)9-19-17(24)14-3-4-20-21-5-14/h3-5,15H,6-11H2,1-2H3,(H,19,24)/t15-,18+/m1/s1. The lowest BCUT2D eigenvalue weighted by Gasteiger charge is -2.27. The van der Waals surface area contributed by atoms with Crippen LogP contribution in [0.25, 0.3) is 0 Å². The fraction of sp³-hybridized carbons (Fsp3) is 0.556. The summed E-state index contributed by atoms with van der Waals surface area (Å²) in [7, 11) is 0. The van der Waals surface area contributed by atoms with Gasteiger partial charge in [-0.3, -0.25) is 9.69 Å². The van der Waals surface area contributed by atoms with Crippen LogP contribution in [0.4, 0.5) is 0 Å². The van der Waals surface area contributed by atoms with E-state index in [4.69, 9.17) is 9.26 Å². The van der Waals surface area contributed by atoms with Crippen LogP contribution in [0.3, 0.4) is 0 Å². The minimum absolute atomic E-state index is 0.0465. The van der Waals surface area contributed by atoms with Crippen LogP contribution in [0.15, 0.2) is 23.0 Å². The predicted octanol–water partition coefficient (Wildman–Crippen LogP) is 0.960. The van der Waals surface area contributed by atoms with Gasteiger partial charge in [0.05, 0.1) is 36.9 Å². The molecule has 0 spiro atoms. The van der Waals surface area contributed by atoms with Gasteiger partial charge in [-0.15, -0.1) is 0 Å². The molecule has 2 aromatic heterocycles. The molecule has 4 rings (SSSR count). The van der Waals surface area contributed by atoms with E-state index in [1.807, 2.05) is 13.8 Å². The number of carbonyl (C=O) groups excluding carboxylic acids is 1. The second-order valence-electron chi connectivity index (χ2n) is 7.36. The zero-order chi connectivity index (χ0) is 18.1. The zero-order valence-electron chi connectivity index (χ0n) is 15.1. The fourth-order valence-corrected chi connectivity index (χ4v) is 4.05. The van der Waals surface area contributed by atoms with Crippen LogP contribution in [-0.4, -0.2) is 59.0 Å². The first-order valence-corrected chi connectivity index (χ1v) is 8.84. The third kappa shape index (κ3) is 3.10. The predicted molar refractivity (Wildman–Crippen MR) is 92.4 cm³/mol. The van der Waals surface area contributed by atoms with Gasteiger partial charge in [0.2, 0.25) is 0 Å². The number of rotatable bonds is 5. The average molecular weight is 357 g/mol. The topological polar surface area (TPSA) is 93.4 Å². The quantitative estimate of drug-likeness (QED) is 0.852. The number of likely N-dealkylation sites (tertiary alicyclic amines) is 1. The van der Waals surface area contributed by atoms with Gasteiger partial charge < -0.3 is 14.6 Å². The Morgan fingerprint density at radius 3 is 3.04 bits per heavy atom. The summed E-state index contributed by atoms with van der Waals surface area (Å²) in [5, 5.41) is 14.6. The van der Waals surface area contributed by atoms with Gasteiger partial charge in [-0.25, -0.2) is 0 Å². The second-order valence-corrected chi connectivity index (χ2v) is 7.36. The molecular formula is C18H23N5O3. The first-order chi connectivity index (χ1) is 12.6. The molecule has 26 heavy (non-hydrogen) atoms. The van der Waals surface area contributed by atoms with Crippen LogP contribution in [-0.2, 0) is 11.3 Å². The second kappa shape index (κ2) is 6.77. The Kier molecular flexibility index (Phi) is 4.46. The van der Waals surface area contributed by atoms with Crippen LogP contribution in [0, 0.1) is 25.2 Å². The van der Waals surface area contributed by atoms with Crippen molar-refractivity contribution in [3.8, 4) is 0 Å². The number of fused-ring (bicyclic) bond motifs is 1. The largest absolute Gasteiger partial charge is 0.380 e. The van der Waals surface area contributed by atoms with E-state index in [1.54, 1.807) is 6.07 Å². The highest BCUT2D eigenvalue weighted by Crippen LogP contribution is 2.41. The molecule has 1 amide bonds. The summed E-state index contributed by atoms with van der Waals surface area (Å²) in [6.45, 7) is 8.60. The van der Waals surface area contributed by atoms with Crippen LogP contribution in [0.2, 0.25) is 0 Å². The molecule has 0 radical (unpaired) electrons. The summed E-state index contributed by atoms with van der Waals surface area (Å²) in [6, 6.07) is 1.67. The van der Waals surface area contributed by atoms with E-state index in [1.165, 1.54) is 12.4 Å². The zero-order valence-corrected chi connectivity index (χ0v) is 15.1. The Morgan fingerprint density at radius 2 is 2.31 bits per heavy atom. The number of amides is 1. The van der Waals surface area contributed by atoms with E-state index in [0.717, 1.165) is 43.3 Å². The molecule has 138 valence electrons. The molecule has 2 atom stereocenters. The third-order valence-electron chi connectivity index (χ3n) is 5.60. The molecule has 0 bridgehead atoms. The first kappa shape index (κ1) is 17.1. The van der Waals surface area contributed by atoms with E-state index in [9.17, 15) is 4.79 Å². The average Bonchev–Trinajstić information content (AvgIpc) is 3.28. The minimum Gasteiger partial charge on any atom is -0.380 e. The van der Waals surface area contributed by atoms with E-state index in [2.05, 4.69) is 25.6 Å². The summed E-state index contributed by atoms with van der Waals surface area (Å²) in [6.07, 6.45) is 3.00. The van der Waals surface area contributed by atoms with Gasteiger partial charge in [0, 0.05) is 43.1 Å². The number of aryl methyl sites for hydroxylation is 2. The molecule has 8 nitrogen and oxygen atoms in total. The van der Waals surface area contributed by atoms with E-state index in [0.29, 0.717) is 24.6 Å². The number of nitrogens with zero attached hydrogens (tertiary/aromatic N) is 4. The highest BCUT2D eigenvalue weighted by Gasteiger charge is 2.50. The normalized spacial score (nSPS) is 25.4. The maximum atomic E-state index is 12.4. The van der Waals surface area contributed by atoms with Crippen LogP contribution in [0.1, 0.15) is 27.4 Å². The number of hydrogen-bond acceptors (Lipinski definition) is 7. The summed E-state index contributed by atoms with van der Waals surface area (Å²) in [5.41, 5.74) is 2.59. The van der Waals surface area contributed by atoms with Gasteiger partial charge in [0.1, 0.15) is 5.76 Å². The Bertz CT molecular complexity index is 774. The van der Waals surface area contributed by atoms with Crippen LogP contribution >= 0.6 is 0 Å². The van der Waals surface area contributed by atoms with Gasteiger partial charge in [0.25, 0.3) is 5.91 Å². The molecule has 1 N–H and O–H groups in total. The lowest BCUT2D eigenvalue weighted by Crippen LogP contribution is -2.43. The Balaban J connectivity index is 1.42. The molecular weight excluding hydrogens is 334 g/mol. The molecule has 0 aliphatic carbocycles. The number of hydrogen-bond donors (Lipinski definition) is 1. The molecule has 2 fully saturated rings. The molecule has 0 unspecified atom stereocenters. The van der Waals surface area contributed by atoms with Gasteiger partial charge in [0.15, 0.2) is 0 Å². The first-order valence-electron chi connectivity index (χ1n) is 8.84. The van der Waals surface area contributed by atoms with Crippen molar-refractivity contribution in [2.45, 2.75) is 20.4 Å². The maximum absolute atomic E-state index is 12.4. The van der Waals surface area contributed by atoms with Gasteiger partial charge in [-0.05, 0) is 19.9 Å².